The van der Waals surface area contributed by atoms with Crippen molar-refractivity contribution >= 4 is 15.7 Å². The molecule has 0 unspecified atom stereocenters. The molecule has 2 aromatic carbocycles. The SMILES string of the molecule is COc1ccccc1[C@@H](NC(=O)CCS(C)(=O)=O)c1ccccc1. The van der Waals surface area contributed by atoms with E-state index in [0.29, 0.717) is 5.75 Å². The van der Waals surface area contributed by atoms with Gasteiger partial charge in [-0.25, -0.2) is 8.42 Å². The van der Waals surface area contributed by atoms with Crippen LogP contribution in [0, 0.1) is 0 Å². The molecule has 0 aromatic heterocycles. The molecule has 0 aliphatic heterocycles. The van der Waals surface area contributed by atoms with Crippen LogP contribution in [-0.4, -0.2) is 33.4 Å². The van der Waals surface area contributed by atoms with Crippen LogP contribution >= 0.6 is 0 Å². The van der Waals surface area contributed by atoms with Crippen molar-refractivity contribution in [2.45, 2.75) is 12.5 Å². The third-order valence-electron chi connectivity index (χ3n) is 3.59. The van der Waals surface area contributed by atoms with E-state index in [9.17, 15) is 13.2 Å². The smallest absolute Gasteiger partial charge is 0.221 e. The zero-order chi connectivity index (χ0) is 17.6. The molecule has 6 heteroatoms. The summed E-state index contributed by atoms with van der Waals surface area (Å²) in [5.74, 6) is 0.168. The summed E-state index contributed by atoms with van der Waals surface area (Å²) < 4.78 is 27.9. The second-order valence-corrected chi connectivity index (χ2v) is 7.79. The third kappa shape index (κ3) is 5.09. The molecule has 5 nitrogen and oxygen atoms in total. The first-order valence-electron chi connectivity index (χ1n) is 7.55. The molecule has 2 aromatic rings. The van der Waals surface area contributed by atoms with Gasteiger partial charge in [0, 0.05) is 18.2 Å². The number of hydrogen-bond acceptors (Lipinski definition) is 4. The van der Waals surface area contributed by atoms with Crippen LogP contribution in [0.5, 0.6) is 5.75 Å². The Morgan fingerprint density at radius 2 is 1.71 bits per heavy atom. The number of benzene rings is 2. The Morgan fingerprint density at radius 1 is 1.08 bits per heavy atom. The molecule has 0 saturated carbocycles. The normalized spacial score (nSPS) is 12.4. The van der Waals surface area contributed by atoms with Crippen LogP contribution in [0.4, 0.5) is 0 Å². The van der Waals surface area contributed by atoms with Gasteiger partial charge in [-0.1, -0.05) is 48.5 Å². The van der Waals surface area contributed by atoms with Gasteiger partial charge in [-0.2, -0.15) is 0 Å². The van der Waals surface area contributed by atoms with Crippen LogP contribution in [0.1, 0.15) is 23.6 Å². The maximum atomic E-state index is 12.2. The molecule has 0 aliphatic carbocycles. The molecule has 1 amide bonds. The number of ether oxygens (including phenoxy) is 1. The molecule has 0 aliphatic rings. The van der Waals surface area contributed by atoms with Crippen LogP contribution in [0.15, 0.2) is 54.6 Å². The van der Waals surface area contributed by atoms with Crippen molar-refractivity contribution in [1.82, 2.24) is 5.32 Å². The first kappa shape index (κ1) is 18.0. The average molecular weight is 347 g/mol. The molecule has 128 valence electrons. The second-order valence-electron chi connectivity index (χ2n) is 5.53. The number of sulfone groups is 1. The Hall–Kier alpha value is -2.34. The van der Waals surface area contributed by atoms with Crippen molar-refractivity contribution in [3.63, 3.8) is 0 Å². The zero-order valence-electron chi connectivity index (χ0n) is 13.7. The molecule has 1 N–H and O–H groups in total. The highest BCUT2D eigenvalue weighted by atomic mass is 32.2. The molecule has 0 heterocycles. The first-order chi connectivity index (χ1) is 11.4. The lowest BCUT2D eigenvalue weighted by Crippen LogP contribution is -2.30. The van der Waals surface area contributed by atoms with Crippen molar-refractivity contribution in [3.05, 3.63) is 65.7 Å². The van der Waals surface area contributed by atoms with E-state index in [1.807, 2.05) is 54.6 Å². The molecule has 24 heavy (non-hydrogen) atoms. The number of para-hydroxylation sites is 1. The van der Waals surface area contributed by atoms with E-state index in [1.54, 1.807) is 7.11 Å². The molecule has 0 saturated heterocycles. The predicted molar refractivity (Wildman–Crippen MR) is 93.7 cm³/mol. The first-order valence-corrected chi connectivity index (χ1v) is 9.61. The van der Waals surface area contributed by atoms with Crippen molar-refractivity contribution in [2.24, 2.45) is 0 Å². The summed E-state index contributed by atoms with van der Waals surface area (Å²) in [6.07, 6.45) is 1.05. The Labute approximate surface area is 142 Å². The number of carbonyl (C=O) groups excluding carboxylic acids is 1. The van der Waals surface area contributed by atoms with Crippen molar-refractivity contribution < 1.29 is 17.9 Å². The van der Waals surface area contributed by atoms with Gasteiger partial charge in [-0.05, 0) is 11.6 Å². The lowest BCUT2D eigenvalue weighted by Gasteiger charge is -2.22. The molecular formula is C18H21NO4S. The van der Waals surface area contributed by atoms with Gasteiger partial charge < -0.3 is 10.1 Å². The van der Waals surface area contributed by atoms with E-state index >= 15 is 0 Å². The maximum Gasteiger partial charge on any atom is 0.221 e. The molecule has 0 fully saturated rings. The Balaban J connectivity index is 2.29. The Bertz CT molecular complexity index is 788. The average Bonchev–Trinajstić information content (AvgIpc) is 2.58. The molecular weight excluding hydrogens is 326 g/mol. The second kappa shape index (κ2) is 7.97. The van der Waals surface area contributed by atoms with Gasteiger partial charge in [0.15, 0.2) is 0 Å². The summed E-state index contributed by atoms with van der Waals surface area (Å²) in [5, 5.41) is 2.91. The molecule has 0 radical (unpaired) electrons. The van der Waals surface area contributed by atoms with Crippen molar-refractivity contribution in [3.8, 4) is 5.75 Å². The highest BCUT2D eigenvalue weighted by Crippen LogP contribution is 2.29. The number of carbonyl (C=O) groups is 1. The maximum absolute atomic E-state index is 12.2. The highest BCUT2D eigenvalue weighted by Gasteiger charge is 2.20. The minimum absolute atomic E-state index is 0.0721. The molecule has 1 atom stereocenters. The summed E-state index contributed by atoms with van der Waals surface area (Å²) in [6.45, 7) is 0. The van der Waals surface area contributed by atoms with Gasteiger partial charge in [0.25, 0.3) is 0 Å². The van der Waals surface area contributed by atoms with Gasteiger partial charge >= 0.3 is 0 Å². The van der Waals surface area contributed by atoms with Crippen molar-refractivity contribution in [1.29, 1.82) is 0 Å². The largest absolute Gasteiger partial charge is 0.496 e. The third-order valence-corrected chi connectivity index (χ3v) is 4.53. The summed E-state index contributed by atoms with van der Waals surface area (Å²) in [5.41, 5.74) is 1.72. The minimum Gasteiger partial charge on any atom is -0.496 e. The van der Waals surface area contributed by atoms with Gasteiger partial charge in [0.05, 0.1) is 18.9 Å². The Morgan fingerprint density at radius 3 is 2.33 bits per heavy atom. The molecule has 0 spiro atoms. The molecule has 0 bridgehead atoms. The van der Waals surface area contributed by atoms with E-state index in [2.05, 4.69) is 5.32 Å². The van der Waals surface area contributed by atoms with Gasteiger partial charge in [0.2, 0.25) is 5.91 Å². The number of methoxy groups -OCH3 is 1. The zero-order valence-corrected chi connectivity index (χ0v) is 14.5. The van der Waals surface area contributed by atoms with Gasteiger partial charge in [-0.3, -0.25) is 4.79 Å². The molecule has 2 rings (SSSR count). The van der Waals surface area contributed by atoms with E-state index in [-0.39, 0.29) is 18.1 Å². The van der Waals surface area contributed by atoms with Crippen LogP contribution < -0.4 is 10.1 Å². The highest BCUT2D eigenvalue weighted by molar-refractivity contribution is 7.90. The van der Waals surface area contributed by atoms with E-state index in [4.69, 9.17) is 4.74 Å². The number of amides is 1. The number of hydrogen-bond donors (Lipinski definition) is 1. The summed E-state index contributed by atoms with van der Waals surface area (Å²) >= 11 is 0. The topological polar surface area (TPSA) is 72.5 Å². The lowest BCUT2D eigenvalue weighted by atomic mass is 9.97. The van der Waals surface area contributed by atoms with E-state index in [1.165, 1.54) is 0 Å². The van der Waals surface area contributed by atoms with Crippen LogP contribution in [0.3, 0.4) is 0 Å². The van der Waals surface area contributed by atoms with Crippen molar-refractivity contribution in [2.75, 3.05) is 19.1 Å². The number of rotatable bonds is 7. The minimum atomic E-state index is -3.18. The standard InChI is InChI=1S/C18H21NO4S/c1-23-16-11-7-6-10-15(16)18(14-8-4-3-5-9-14)19-17(20)12-13-24(2,21)22/h3-11,18H,12-13H2,1-2H3,(H,19,20)/t18-/m0/s1. The summed E-state index contributed by atoms with van der Waals surface area (Å²) in [7, 11) is -1.61. The number of nitrogens with one attached hydrogen (secondary N) is 1. The van der Waals surface area contributed by atoms with E-state index < -0.39 is 15.9 Å². The fraction of sp³-hybridized carbons (Fsp3) is 0.278. The van der Waals surface area contributed by atoms with Crippen LogP contribution in [-0.2, 0) is 14.6 Å². The fourth-order valence-electron chi connectivity index (χ4n) is 2.40. The summed E-state index contributed by atoms with van der Waals surface area (Å²) in [4.78, 5) is 12.2. The van der Waals surface area contributed by atoms with Gasteiger partial charge in [0.1, 0.15) is 15.6 Å². The summed E-state index contributed by atoms with van der Waals surface area (Å²) in [6, 6.07) is 16.5. The fourth-order valence-corrected chi connectivity index (χ4v) is 2.96. The van der Waals surface area contributed by atoms with E-state index in [0.717, 1.165) is 17.4 Å². The lowest BCUT2D eigenvalue weighted by molar-refractivity contribution is -0.121. The van der Waals surface area contributed by atoms with Crippen LogP contribution in [0.2, 0.25) is 0 Å². The predicted octanol–water partition coefficient (Wildman–Crippen LogP) is 2.34. The quantitative estimate of drug-likeness (QED) is 0.834. The monoisotopic (exact) mass is 347 g/mol. The van der Waals surface area contributed by atoms with Crippen LogP contribution in [0.25, 0.3) is 0 Å². The van der Waals surface area contributed by atoms with Gasteiger partial charge in [-0.15, -0.1) is 0 Å². The Kier molecular flexibility index (Phi) is 5.98.